The predicted molar refractivity (Wildman–Crippen MR) is 275 cm³/mol. The first-order chi connectivity index (χ1) is 36.0. The van der Waals surface area contributed by atoms with Crippen LogP contribution in [0.3, 0.4) is 0 Å². The van der Waals surface area contributed by atoms with Gasteiger partial charge in [0.05, 0.1) is 31.0 Å². The van der Waals surface area contributed by atoms with E-state index in [2.05, 4.69) is 51.2 Å². The molecule has 0 aliphatic heterocycles. The molecule has 8 rings (SSSR count). The van der Waals surface area contributed by atoms with Gasteiger partial charge in [-0.25, -0.2) is 0 Å². The SMILES string of the molecule is O=S(=O)(O)c1cc(O)c2c(Nc3nc(Cl)nc(Nc4ccc(C=Cc5ccc(Nc6nc(Cl)nc(Nc7cc(S(=O)(=O)O)cc8cc(S(=O)(=O)O)cc(O)c78)n6)cc5S(=O)(=O)O)c(S(=O)(=O)O)c4)n3)cc(S(=O)(=O)O)cc2c1. The minimum Gasteiger partial charge on any atom is -0.507 e. The molecule has 408 valence electrons. The lowest BCUT2D eigenvalue weighted by molar-refractivity contribution is 0.470. The number of rotatable bonds is 16. The zero-order valence-electron chi connectivity index (χ0n) is 37.6. The van der Waals surface area contributed by atoms with Crippen LogP contribution in [0, 0.1) is 0 Å². The van der Waals surface area contributed by atoms with E-state index in [1.54, 1.807) is 0 Å². The standard InChI is InChI=1S/C40H28Cl2N10O20S6/c41-35-47-37(51-39(49-35)45-27-13-23(73(55,56)57)7-19-9-25(75(61,62)63)15-29(53)33(19)27)43-21-5-3-17(31(11-21)77(67,68)69)1-2-18-4-6-22(12-32(18)78(70,71)72)44-38-48-36(42)50-40(52-38)46-28-14-24(74(58,59)60)8-20-10-26(76(64,65)66)16-30(54)34(20)28/h1-16,53-54H,(H,55,56,57)(H,58,59,60)(H,61,62,63)(H,64,65,66)(H,67,68,69)(H,70,71,72)(H2,43,45,47,49,51)(H2,44,46,48,50,52). The Bertz CT molecular complexity index is 4340. The second kappa shape index (κ2) is 20.3. The molecule has 30 nitrogen and oxygen atoms in total. The monoisotopic (exact) mass is 1230 g/mol. The lowest BCUT2D eigenvalue weighted by Crippen LogP contribution is -2.07. The molecule has 78 heavy (non-hydrogen) atoms. The molecule has 2 heterocycles. The van der Waals surface area contributed by atoms with Gasteiger partial charge in [-0.05, 0) is 106 Å². The molecule has 8 aromatic rings. The van der Waals surface area contributed by atoms with Crippen molar-refractivity contribution in [3.05, 3.63) is 107 Å². The number of aromatic hydroxyl groups is 2. The van der Waals surface area contributed by atoms with Gasteiger partial charge in [-0.2, -0.15) is 80.4 Å². The quantitative estimate of drug-likeness (QED) is 0.0407. The Morgan fingerprint density at radius 2 is 0.667 bits per heavy atom. The van der Waals surface area contributed by atoms with E-state index in [0.717, 1.165) is 72.8 Å². The Hall–Kier alpha value is -7.56. The van der Waals surface area contributed by atoms with Crippen LogP contribution in [-0.4, -0.2) is 118 Å². The normalized spacial score (nSPS) is 12.8. The van der Waals surface area contributed by atoms with E-state index < -0.39 is 136 Å². The van der Waals surface area contributed by atoms with Crippen LogP contribution in [-0.2, 0) is 60.7 Å². The molecule has 0 fully saturated rings. The van der Waals surface area contributed by atoms with Crippen molar-refractivity contribution in [3.63, 3.8) is 0 Å². The van der Waals surface area contributed by atoms with Gasteiger partial charge in [-0.1, -0.05) is 24.3 Å². The average Bonchev–Trinajstić information content (AvgIpc) is 3.30. The lowest BCUT2D eigenvalue weighted by Gasteiger charge is -2.14. The highest BCUT2D eigenvalue weighted by Gasteiger charge is 2.24. The van der Waals surface area contributed by atoms with Gasteiger partial charge >= 0.3 is 0 Å². The van der Waals surface area contributed by atoms with E-state index in [-0.39, 0.29) is 55.4 Å². The van der Waals surface area contributed by atoms with Crippen molar-refractivity contribution >= 4 is 164 Å². The minimum atomic E-state index is -5.12. The molecule has 12 N–H and O–H groups in total. The van der Waals surface area contributed by atoms with Crippen molar-refractivity contribution in [3.8, 4) is 11.5 Å². The number of benzene rings is 6. The second-order valence-electron chi connectivity index (χ2n) is 15.7. The van der Waals surface area contributed by atoms with Gasteiger partial charge in [-0.3, -0.25) is 27.3 Å². The molecule has 6 aromatic carbocycles. The van der Waals surface area contributed by atoms with Gasteiger partial charge in [0.25, 0.3) is 60.7 Å². The summed E-state index contributed by atoms with van der Waals surface area (Å²) >= 11 is 12.2. The summed E-state index contributed by atoms with van der Waals surface area (Å²) in [5, 5.41) is 29.5. The zero-order valence-corrected chi connectivity index (χ0v) is 44.0. The summed E-state index contributed by atoms with van der Waals surface area (Å²) in [5.41, 5.74) is -1.56. The predicted octanol–water partition coefficient (Wildman–Crippen LogP) is 5.71. The minimum absolute atomic E-state index is 0.152. The van der Waals surface area contributed by atoms with E-state index >= 15 is 0 Å². The molecule has 0 unspecified atom stereocenters. The maximum Gasteiger partial charge on any atom is 0.295 e. The van der Waals surface area contributed by atoms with Gasteiger partial charge in [-0.15, -0.1) is 0 Å². The summed E-state index contributed by atoms with van der Waals surface area (Å²) in [6.45, 7) is 0. The molecule has 0 aliphatic rings. The van der Waals surface area contributed by atoms with Crippen LogP contribution in [0.1, 0.15) is 11.1 Å². The summed E-state index contributed by atoms with van der Waals surface area (Å²) < 4.78 is 206. The molecule has 0 spiro atoms. The van der Waals surface area contributed by atoms with Gasteiger partial charge in [0.2, 0.25) is 34.4 Å². The average molecular weight is 1230 g/mol. The van der Waals surface area contributed by atoms with Gasteiger partial charge in [0, 0.05) is 34.3 Å². The number of hydrogen-bond acceptors (Lipinski definition) is 24. The first kappa shape index (κ1) is 56.6. The number of aromatic nitrogens is 6. The molecule has 0 bridgehead atoms. The second-order valence-corrected chi connectivity index (χ2v) is 24.9. The third kappa shape index (κ3) is 12.9. The van der Waals surface area contributed by atoms with Crippen LogP contribution in [0.5, 0.6) is 11.5 Å². The maximum absolute atomic E-state index is 12.7. The Morgan fingerprint density at radius 3 is 0.962 bits per heavy atom. The third-order valence-corrected chi connectivity index (χ3v) is 15.9. The summed E-state index contributed by atoms with van der Waals surface area (Å²) in [4.78, 5) is 18.8. The van der Waals surface area contributed by atoms with E-state index in [4.69, 9.17) is 23.2 Å². The van der Waals surface area contributed by atoms with Crippen LogP contribution in [0.25, 0.3) is 33.7 Å². The Balaban J connectivity index is 1.07. The Labute approximate surface area is 448 Å². The van der Waals surface area contributed by atoms with Crippen molar-refractivity contribution in [1.82, 2.24) is 29.9 Å². The first-order valence-corrected chi connectivity index (χ1v) is 29.7. The molecular weight excluding hydrogens is 1200 g/mol. The highest BCUT2D eigenvalue weighted by molar-refractivity contribution is 7.87. The molecule has 0 aliphatic carbocycles. The fraction of sp³-hybridized carbons (Fsp3) is 0. The van der Waals surface area contributed by atoms with Crippen LogP contribution < -0.4 is 21.3 Å². The van der Waals surface area contributed by atoms with Gasteiger partial charge in [0.1, 0.15) is 21.3 Å². The van der Waals surface area contributed by atoms with E-state index in [1.165, 1.54) is 12.1 Å². The van der Waals surface area contributed by atoms with Gasteiger partial charge in [0.15, 0.2) is 0 Å². The molecule has 0 radical (unpaired) electrons. The number of nitrogens with zero attached hydrogens (tertiary/aromatic N) is 6. The van der Waals surface area contributed by atoms with E-state index in [9.17, 15) is 88.0 Å². The van der Waals surface area contributed by atoms with E-state index in [0.29, 0.717) is 12.1 Å². The highest BCUT2D eigenvalue weighted by atomic mass is 35.5. The number of phenolic OH excluding ortho intramolecular Hbond substituents is 2. The smallest absolute Gasteiger partial charge is 0.295 e. The van der Waals surface area contributed by atoms with Crippen LogP contribution in [0.15, 0.2) is 114 Å². The number of hydrogen-bond donors (Lipinski definition) is 12. The molecule has 38 heteroatoms. The summed E-state index contributed by atoms with van der Waals surface area (Å²) in [6, 6.07) is 12.5. The number of anilines is 8. The Kier molecular flexibility index (Phi) is 14.8. The summed E-state index contributed by atoms with van der Waals surface area (Å²) in [5.74, 6) is -3.46. The third-order valence-electron chi connectivity index (χ3n) is 10.4. The van der Waals surface area contributed by atoms with Crippen LogP contribution in [0.2, 0.25) is 10.6 Å². The fourth-order valence-corrected chi connectivity index (χ4v) is 11.1. The zero-order chi connectivity index (χ0) is 57.2. The van der Waals surface area contributed by atoms with Crippen molar-refractivity contribution in [2.24, 2.45) is 0 Å². The number of fused-ring (bicyclic) bond motifs is 2. The van der Waals surface area contributed by atoms with Crippen molar-refractivity contribution in [2.75, 3.05) is 21.3 Å². The van der Waals surface area contributed by atoms with Crippen molar-refractivity contribution in [1.29, 1.82) is 0 Å². The van der Waals surface area contributed by atoms with Crippen molar-refractivity contribution in [2.45, 2.75) is 29.4 Å². The lowest BCUT2D eigenvalue weighted by atomic mass is 10.1. The molecule has 0 saturated carbocycles. The maximum atomic E-state index is 12.7. The van der Waals surface area contributed by atoms with Crippen LogP contribution in [0.4, 0.5) is 46.5 Å². The van der Waals surface area contributed by atoms with Crippen molar-refractivity contribution < 1.29 is 88.0 Å². The number of halogens is 2. The molecule has 0 atom stereocenters. The first-order valence-electron chi connectivity index (χ1n) is 20.3. The molecule has 0 saturated heterocycles. The Morgan fingerprint density at radius 1 is 0.372 bits per heavy atom. The number of nitrogens with one attached hydrogen (secondary N) is 4. The number of phenols is 2. The fourth-order valence-electron chi connectivity index (χ4n) is 7.22. The van der Waals surface area contributed by atoms with Crippen LogP contribution >= 0.6 is 23.2 Å². The largest absolute Gasteiger partial charge is 0.507 e. The molecular formula is C40H28Cl2N10O20S6. The summed E-state index contributed by atoms with van der Waals surface area (Å²) in [6.07, 6.45) is 2.08. The molecule has 2 aromatic heterocycles. The highest BCUT2D eigenvalue weighted by Crippen LogP contribution is 2.40. The summed E-state index contributed by atoms with van der Waals surface area (Å²) in [7, 11) is -30.1. The van der Waals surface area contributed by atoms with Gasteiger partial charge < -0.3 is 31.5 Å². The topological polar surface area (TPSA) is 492 Å². The molecule has 0 amide bonds. The van der Waals surface area contributed by atoms with E-state index in [1.807, 2.05) is 0 Å².